The normalized spacial score (nSPS) is 12.5. The number of para-hydroxylation sites is 1. The molecule has 0 bridgehead atoms. The van der Waals surface area contributed by atoms with Gasteiger partial charge in [0.15, 0.2) is 0 Å². The summed E-state index contributed by atoms with van der Waals surface area (Å²) in [6.45, 7) is 4.17. The van der Waals surface area contributed by atoms with Crippen molar-refractivity contribution in [3.63, 3.8) is 0 Å². The number of nitrogens with one attached hydrogen (secondary N) is 2. The fraction of sp³-hybridized carbons (Fsp3) is 0.350. The summed E-state index contributed by atoms with van der Waals surface area (Å²) < 4.78 is 30.7. The minimum Gasteiger partial charge on any atom is -0.497 e. The molecule has 2 N–H and O–H groups in total. The number of carbonyl (C=O) groups is 1. The smallest absolute Gasteiger partial charge is 0.253 e. The first-order chi connectivity index (χ1) is 12.7. The van der Waals surface area contributed by atoms with Gasteiger partial charge in [-0.25, -0.2) is 8.42 Å². The van der Waals surface area contributed by atoms with Crippen LogP contribution in [0.25, 0.3) is 0 Å². The number of ether oxygens (including phenoxy) is 1. The molecule has 1 atom stereocenters. The number of amides is 1. The Labute approximate surface area is 161 Å². The number of anilines is 1. The maximum atomic E-state index is 12.9. The maximum absolute atomic E-state index is 12.9. The van der Waals surface area contributed by atoms with Crippen LogP contribution in [-0.2, 0) is 10.0 Å². The zero-order valence-corrected chi connectivity index (χ0v) is 16.8. The average molecular weight is 391 g/mol. The second-order valence-corrected chi connectivity index (χ2v) is 8.60. The topological polar surface area (TPSA) is 84.5 Å². The molecule has 0 aromatic heterocycles. The minimum absolute atomic E-state index is 0.199. The molecule has 2 rings (SSSR count). The number of hydrogen-bond acceptors (Lipinski definition) is 4. The Bertz CT molecular complexity index is 877. The number of methoxy groups -OCH3 is 1. The van der Waals surface area contributed by atoms with Crippen LogP contribution in [0.5, 0.6) is 5.75 Å². The summed E-state index contributed by atoms with van der Waals surface area (Å²) in [5.41, 5.74) is 1.51. The van der Waals surface area contributed by atoms with Crippen molar-refractivity contribution in [1.29, 1.82) is 0 Å². The van der Waals surface area contributed by atoms with Crippen molar-refractivity contribution in [1.82, 2.24) is 5.32 Å². The molecule has 0 saturated carbocycles. The predicted molar refractivity (Wildman–Crippen MR) is 108 cm³/mol. The molecule has 0 aliphatic heterocycles. The van der Waals surface area contributed by atoms with Gasteiger partial charge in [-0.15, -0.1) is 0 Å². The molecule has 2 aromatic carbocycles. The molecule has 7 heteroatoms. The second-order valence-electron chi connectivity index (χ2n) is 6.85. The average Bonchev–Trinajstić information content (AvgIpc) is 2.60. The second kappa shape index (κ2) is 8.90. The molecule has 0 aliphatic carbocycles. The number of sulfonamides is 1. The van der Waals surface area contributed by atoms with E-state index in [1.165, 1.54) is 0 Å². The molecule has 0 spiro atoms. The lowest BCUT2D eigenvalue weighted by molar-refractivity contribution is 0.0933. The Morgan fingerprint density at radius 3 is 2.26 bits per heavy atom. The summed E-state index contributed by atoms with van der Waals surface area (Å²) in [5.74, 6) is 0.779. The van der Waals surface area contributed by atoms with Crippen molar-refractivity contribution in [3.05, 3.63) is 59.7 Å². The summed E-state index contributed by atoms with van der Waals surface area (Å²) >= 11 is 0. The Balaban J connectivity index is 2.28. The third kappa shape index (κ3) is 6.29. The zero-order chi connectivity index (χ0) is 20.0. The quantitative estimate of drug-likeness (QED) is 0.721. The Hall–Kier alpha value is -2.54. The van der Waals surface area contributed by atoms with E-state index in [2.05, 4.69) is 23.9 Å². The highest BCUT2D eigenvalue weighted by atomic mass is 32.2. The van der Waals surface area contributed by atoms with E-state index in [4.69, 9.17) is 4.74 Å². The van der Waals surface area contributed by atoms with E-state index in [9.17, 15) is 13.2 Å². The van der Waals surface area contributed by atoms with Gasteiger partial charge in [-0.05, 0) is 42.2 Å². The third-order valence-corrected chi connectivity index (χ3v) is 4.59. The summed E-state index contributed by atoms with van der Waals surface area (Å²) in [6, 6.07) is 13.9. The highest BCUT2D eigenvalue weighted by molar-refractivity contribution is 7.92. The third-order valence-electron chi connectivity index (χ3n) is 4.00. The number of rotatable bonds is 8. The summed E-state index contributed by atoms with van der Waals surface area (Å²) in [6.07, 6.45) is 1.81. The van der Waals surface area contributed by atoms with Crippen molar-refractivity contribution < 1.29 is 17.9 Å². The standard InChI is InChI=1S/C20H26N2O4S/c1-14(2)13-19(15-9-11-16(26-3)12-10-15)21-20(23)17-7-5-6-8-18(17)22-27(4,24)25/h5-12,14,19,22H,13H2,1-4H3,(H,21,23). The monoisotopic (exact) mass is 390 g/mol. The van der Waals surface area contributed by atoms with Crippen molar-refractivity contribution >= 4 is 21.6 Å². The molecule has 0 aliphatic rings. The van der Waals surface area contributed by atoms with E-state index in [0.29, 0.717) is 5.92 Å². The van der Waals surface area contributed by atoms with Crippen LogP contribution >= 0.6 is 0 Å². The van der Waals surface area contributed by atoms with Crippen molar-refractivity contribution in [2.45, 2.75) is 26.3 Å². The van der Waals surface area contributed by atoms with E-state index >= 15 is 0 Å². The van der Waals surface area contributed by atoms with Crippen molar-refractivity contribution in [2.24, 2.45) is 5.92 Å². The van der Waals surface area contributed by atoms with Gasteiger partial charge in [-0.2, -0.15) is 0 Å². The molecular weight excluding hydrogens is 364 g/mol. The van der Waals surface area contributed by atoms with E-state index in [0.717, 1.165) is 24.0 Å². The first-order valence-electron chi connectivity index (χ1n) is 8.71. The summed E-state index contributed by atoms with van der Waals surface area (Å²) in [4.78, 5) is 12.9. The van der Waals surface area contributed by atoms with E-state index in [1.54, 1.807) is 31.4 Å². The molecular formula is C20H26N2O4S. The number of carbonyl (C=O) groups excluding carboxylic acids is 1. The van der Waals surface area contributed by atoms with Gasteiger partial charge < -0.3 is 10.1 Å². The van der Waals surface area contributed by atoms with Gasteiger partial charge in [0, 0.05) is 0 Å². The molecule has 0 saturated heterocycles. The van der Waals surface area contributed by atoms with Gasteiger partial charge in [-0.3, -0.25) is 9.52 Å². The first kappa shape index (κ1) is 20.8. The number of benzene rings is 2. The van der Waals surface area contributed by atoms with Crippen molar-refractivity contribution in [3.8, 4) is 5.75 Å². The fourth-order valence-corrected chi connectivity index (χ4v) is 3.37. The summed E-state index contributed by atoms with van der Waals surface area (Å²) in [7, 11) is -1.88. The van der Waals surface area contributed by atoms with E-state index in [1.807, 2.05) is 24.3 Å². The Morgan fingerprint density at radius 2 is 1.70 bits per heavy atom. The van der Waals surface area contributed by atoms with Crippen LogP contribution in [0.3, 0.4) is 0 Å². The Morgan fingerprint density at radius 1 is 1.07 bits per heavy atom. The summed E-state index contributed by atoms with van der Waals surface area (Å²) in [5, 5.41) is 3.03. The maximum Gasteiger partial charge on any atom is 0.253 e. The van der Waals surface area contributed by atoms with Crippen LogP contribution in [-0.4, -0.2) is 27.7 Å². The molecule has 1 amide bonds. The number of hydrogen-bond donors (Lipinski definition) is 2. The largest absolute Gasteiger partial charge is 0.497 e. The van der Waals surface area contributed by atoms with E-state index < -0.39 is 10.0 Å². The lowest BCUT2D eigenvalue weighted by Gasteiger charge is -2.22. The lowest BCUT2D eigenvalue weighted by atomic mass is 9.96. The highest BCUT2D eigenvalue weighted by Crippen LogP contribution is 2.25. The van der Waals surface area contributed by atoms with Gasteiger partial charge in [0.1, 0.15) is 5.75 Å². The van der Waals surface area contributed by atoms with Crippen LogP contribution in [0.15, 0.2) is 48.5 Å². The first-order valence-corrected chi connectivity index (χ1v) is 10.6. The minimum atomic E-state index is -3.48. The van der Waals surface area contributed by atoms with Gasteiger partial charge in [-0.1, -0.05) is 38.1 Å². The van der Waals surface area contributed by atoms with Crippen LogP contribution in [0, 0.1) is 5.92 Å². The molecule has 6 nitrogen and oxygen atoms in total. The SMILES string of the molecule is COc1ccc(C(CC(C)C)NC(=O)c2ccccc2NS(C)(=O)=O)cc1. The van der Waals surface area contributed by atoms with Gasteiger partial charge in [0.25, 0.3) is 5.91 Å². The molecule has 0 fully saturated rings. The van der Waals surface area contributed by atoms with Crippen LogP contribution < -0.4 is 14.8 Å². The molecule has 27 heavy (non-hydrogen) atoms. The molecule has 0 heterocycles. The van der Waals surface area contributed by atoms with Crippen LogP contribution in [0.1, 0.15) is 42.2 Å². The lowest BCUT2D eigenvalue weighted by Crippen LogP contribution is -2.30. The molecule has 2 aromatic rings. The van der Waals surface area contributed by atoms with E-state index in [-0.39, 0.29) is 23.2 Å². The predicted octanol–water partition coefficient (Wildman–Crippen LogP) is 3.58. The molecule has 0 radical (unpaired) electrons. The Kier molecular flexibility index (Phi) is 6.85. The highest BCUT2D eigenvalue weighted by Gasteiger charge is 2.20. The van der Waals surface area contributed by atoms with Crippen molar-refractivity contribution in [2.75, 3.05) is 18.1 Å². The zero-order valence-electron chi connectivity index (χ0n) is 16.0. The fourth-order valence-electron chi connectivity index (χ4n) is 2.79. The molecule has 1 unspecified atom stereocenters. The van der Waals surface area contributed by atoms with Crippen LogP contribution in [0.2, 0.25) is 0 Å². The van der Waals surface area contributed by atoms with Crippen LogP contribution in [0.4, 0.5) is 5.69 Å². The van der Waals surface area contributed by atoms with Gasteiger partial charge >= 0.3 is 0 Å². The molecule has 146 valence electrons. The van der Waals surface area contributed by atoms with Gasteiger partial charge in [0.2, 0.25) is 10.0 Å². The van der Waals surface area contributed by atoms with Gasteiger partial charge in [0.05, 0.1) is 30.7 Å².